The first kappa shape index (κ1) is 20.1. The van der Waals surface area contributed by atoms with Crippen molar-refractivity contribution in [3.8, 4) is 11.5 Å². The maximum atomic E-state index is 12.4. The predicted octanol–water partition coefficient (Wildman–Crippen LogP) is -0.530. The van der Waals surface area contributed by atoms with Crippen molar-refractivity contribution in [1.29, 1.82) is 0 Å². The highest BCUT2D eigenvalue weighted by Gasteiger charge is 2.30. The summed E-state index contributed by atoms with van der Waals surface area (Å²) in [5.74, 6) is 1.12. The summed E-state index contributed by atoms with van der Waals surface area (Å²) in [5.41, 5.74) is 1.17. The van der Waals surface area contributed by atoms with E-state index in [4.69, 9.17) is 9.47 Å². The van der Waals surface area contributed by atoms with Crippen molar-refractivity contribution in [2.45, 2.75) is 25.8 Å². The van der Waals surface area contributed by atoms with Crippen LogP contribution < -0.4 is 14.4 Å². The third kappa shape index (κ3) is 4.62. The Labute approximate surface area is 165 Å². The van der Waals surface area contributed by atoms with Gasteiger partial charge in [0.15, 0.2) is 11.5 Å². The molecule has 0 saturated carbocycles. The minimum absolute atomic E-state index is 0.0117. The molecule has 8 nitrogen and oxygen atoms in total. The van der Waals surface area contributed by atoms with E-state index in [2.05, 4.69) is 0 Å². The van der Waals surface area contributed by atoms with E-state index in [0.717, 1.165) is 25.4 Å². The van der Waals surface area contributed by atoms with Gasteiger partial charge in [0.05, 0.1) is 40.4 Å². The molecule has 3 rings (SSSR count). The second-order valence-electron chi connectivity index (χ2n) is 7.19. The molecular formula is C20H28N3O5+. The SMILES string of the molecule is COc1ccc(C[NH+]2CCN(C(=O)CCN3C(=O)CCC3=O)CC2)cc1OC. The van der Waals surface area contributed by atoms with Crippen LogP contribution in [0.2, 0.25) is 0 Å². The number of hydrogen-bond acceptors (Lipinski definition) is 5. The summed E-state index contributed by atoms with van der Waals surface area (Å²) in [6.07, 6.45) is 0.749. The Morgan fingerprint density at radius 1 is 1.04 bits per heavy atom. The molecule has 1 N–H and O–H groups in total. The number of ether oxygens (including phenoxy) is 2. The first-order valence-electron chi connectivity index (χ1n) is 9.67. The van der Waals surface area contributed by atoms with Gasteiger partial charge in [0.25, 0.3) is 0 Å². The van der Waals surface area contributed by atoms with Gasteiger partial charge in [-0.1, -0.05) is 0 Å². The summed E-state index contributed by atoms with van der Waals surface area (Å²) in [7, 11) is 3.25. The van der Waals surface area contributed by atoms with Crippen molar-refractivity contribution in [1.82, 2.24) is 9.80 Å². The molecule has 2 fully saturated rings. The average Bonchev–Trinajstić information content (AvgIpc) is 3.04. The van der Waals surface area contributed by atoms with Crippen LogP contribution in [0.25, 0.3) is 0 Å². The number of nitrogens with one attached hydrogen (secondary N) is 1. The summed E-state index contributed by atoms with van der Waals surface area (Å²) in [4.78, 5) is 40.2. The second kappa shape index (κ2) is 9.05. The van der Waals surface area contributed by atoms with Crippen LogP contribution in [0.3, 0.4) is 0 Å². The van der Waals surface area contributed by atoms with Crippen molar-refractivity contribution < 1.29 is 28.8 Å². The fourth-order valence-corrected chi connectivity index (χ4v) is 3.77. The van der Waals surface area contributed by atoms with Crippen molar-refractivity contribution >= 4 is 17.7 Å². The Morgan fingerprint density at radius 2 is 1.68 bits per heavy atom. The minimum Gasteiger partial charge on any atom is -0.493 e. The van der Waals surface area contributed by atoms with Crippen LogP contribution >= 0.6 is 0 Å². The van der Waals surface area contributed by atoms with E-state index in [1.165, 1.54) is 15.4 Å². The molecule has 8 heteroatoms. The average molecular weight is 390 g/mol. The van der Waals surface area contributed by atoms with E-state index in [9.17, 15) is 14.4 Å². The zero-order valence-corrected chi connectivity index (χ0v) is 16.5. The van der Waals surface area contributed by atoms with Crippen LogP contribution in [0.4, 0.5) is 0 Å². The summed E-state index contributed by atoms with van der Waals surface area (Å²) in [5, 5.41) is 0. The lowest BCUT2D eigenvalue weighted by Crippen LogP contribution is -3.13. The van der Waals surface area contributed by atoms with Crippen LogP contribution in [-0.4, -0.2) is 74.5 Å². The number of nitrogens with zero attached hydrogens (tertiary/aromatic N) is 2. The molecule has 0 aliphatic carbocycles. The van der Waals surface area contributed by atoms with E-state index >= 15 is 0 Å². The van der Waals surface area contributed by atoms with Gasteiger partial charge < -0.3 is 19.3 Å². The number of benzene rings is 1. The minimum atomic E-state index is -0.165. The van der Waals surface area contributed by atoms with Crippen molar-refractivity contribution in [2.24, 2.45) is 0 Å². The molecule has 0 atom stereocenters. The molecule has 28 heavy (non-hydrogen) atoms. The molecule has 2 aliphatic heterocycles. The van der Waals surface area contributed by atoms with Gasteiger partial charge in [0, 0.05) is 31.4 Å². The maximum absolute atomic E-state index is 12.4. The smallest absolute Gasteiger partial charge is 0.229 e. The summed E-state index contributed by atoms with van der Waals surface area (Å²) in [6.45, 7) is 4.16. The summed E-state index contributed by atoms with van der Waals surface area (Å²) in [6, 6.07) is 5.94. The molecule has 152 valence electrons. The van der Waals surface area contributed by atoms with Crippen molar-refractivity contribution in [2.75, 3.05) is 46.9 Å². The molecule has 2 heterocycles. The van der Waals surface area contributed by atoms with Gasteiger partial charge in [-0.05, 0) is 18.2 Å². The fraction of sp³-hybridized carbons (Fsp3) is 0.550. The molecule has 2 aliphatic rings. The Balaban J connectivity index is 1.46. The van der Waals surface area contributed by atoms with Crippen molar-refractivity contribution in [3.05, 3.63) is 23.8 Å². The second-order valence-corrected chi connectivity index (χ2v) is 7.19. The van der Waals surface area contributed by atoms with Crippen LogP contribution in [0.5, 0.6) is 11.5 Å². The summed E-state index contributed by atoms with van der Waals surface area (Å²) < 4.78 is 10.6. The number of carbonyl (C=O) groups excluding carboxylic acids is 3. The number of carbonyl (C=O) groups is 3. The number of hydrogen-bond donors (Lipinski definition) is 1. The maximum Gasteiger partial charge on any atom is 0.229 e. The quantitative estimate of drug-likeness (QED) is 0.633. The number of amides is 3. The highest BCUT2D eigenvalue weighted by atomic mass is 16.5. The standard InChI is InChI=1S/C20H27N3O5/c1-27-16-4-3-15(13-17(16)28-2)14-21-9-11-22(12-10-21)18(24)7-8-23-19(25)5-6-20(23)26/h3-4,13H,5-12,14H2,1-2H3/p+1. The first-order chi connectivity index (χ1) is 13.5. The van der Waals surface area contributed by atoms with E-state index in [1.807, 2.05) is 23.1 Å². The van der Waals surface area contributed by atoms with Crippen LogP contribution in [0.1, 0.15) is 24.8 Å². The van der Waals surface area contributed by atoms with Gasteiger partial charge in [-0.15, -0.1) is 0 Å². The fourth-order valence-electron chi connectivity index (χ4n) is 3.77. The molecule has 0 aromatic heterocycles. The van der Waals surface area contributed by atoms with Gasteiger partial charge in [-0.2, -0.15) is 0 Å². The lowest BCUT2D eigenvalue weighted by Gasteiger charge is -2.32. The summed E-state index contributed by atoms with van der Waals surface area (Å²) >= 11 is 0. The first-order valence-corrected chi connectivity index (χ1v) is 9.67. The van der Waals surface area contributed by atoms with Gasteiger partial charge in [-0.3, -0.25) is 19.3 Å². The third-order valence-corrected chi connectivity index (χ3v) is 5.43. The molecule has 3 amide bonds. The van der Waals surface area contributed by atoms with Gasteiger partial charge in [0.1, 0.15) is 6.54 Å². The molecule has 0 spiro atoms. The Morgan fingerprint density at radius 3 is 2.29 bits per heavy atom. The van der Waals surface area contributed by atoms with Crippen LogP contribution in [0.15, 0.2) is 18.2 Å². The number of rotatable bonds is 7. The Bertz CT molecular complexity index is 727. The van der Waals surface area contributed by atoms with E-state index in [1.54, 1.807) is 14.2 Å². The molecule has 0 radical (unpaired) electrons. The number of piperazine rings is 1. The van der Waals surface area contributed by atoms with Gasteiger partial charge >= 0.3 is 0 Å². The number of methoxy groups -OCH3 is 2. The van der Waals surface area contributed by atoms with Gasteiger partial charge in [0.2, 0.25) is 17.7 Å². The number of imide groups is 1. The molecule has 1 aromatic carbocycles. The lowest BCUT2D eigenvalue weighted by molar-refractivity contribution is -0.917. The predicted molar refractivity (Wildman–Crippen MR) is 101 cm³/mol. The lowest BCUT2D eigenvalue weighted by atomic mass is 10.1. The van der Waals surface area contributed by atoms with E-state index in [0.29, 0.717) is 18.8 Å². The van der Waals surface area contributed by atoms with E-state index in [-0.39, 0.29) is 43.5 Å². The highest BCUT2D eigenvalue weighted by Crippen LogP contribution is 2.27. The monoisotopic (exact) mass is 390 g/mol. The number of likely N-dealkylation sites (tertiary alicyclic amines) is 1. The molecule has 0 unspecified atom stereocenters. The molecule has 2 saturated heterocycles. The topological polar surface area (TPSA) is 80.6 Å². The number of quaternary nitrogens is 1. The van der Waals surface area contributed by atoms with Crippen molar-refractivity contribution in [3.63, 3.8) is 0 Å². The van der Waals surface area contributed by atoms with E-state index < -0.39 is 0 Å². The third-order valence-electron chi connectivity index (χ3n) is 5.43. The van der Waals surface area contributed by atoms with Crippen LogP contribution in [0, 0.1) is 0 Å². The largest absolute Gasteiger partial charge is 0.493 e. The Kier molecular flexibility index (Phi) is 6.51. The zero-order valence-electron chi connectivity index (χ0n) is 16.5. The molecule has 0 bridgehead atoms. The molecule has 1 aromatic rings. The normalized spacial score (nSPS) is 17.9. The molecular weight excluding hydrogens is 362 g/mol. The van der Waals surface area contributed by atoms with Crippen LogP contribution in [-0.2, 0) is 20.9 Å². The zero-order chi connectivity index (χ0) is 20.1. The van der Waals surface area contributed by atoms with Gasteiger partial charge in [-0.25, -0.2) is 0 Å². The Hall–Kier alpha value is -2.61. The highest BCUT2D eigenvalue weighted by molar-refractivity contribution is 6.02.